The minimum atomic E-state index is 0.816. The van der Waals surface area contributed by atoms with Crippen LogP contribution in [0, 0.1) is 6.92 Å². The summed E-state index contributed by atoms with van der Waals surface area (Å²) in [7, 11) is 0. The van der Waals surface area contributed by atoms with Crippen LogP contribution < -0.4 is 4.74 Å². The van der Waals surface area contributed by atoms with Crippen molar-refractivity contribution in [3.8, 4) is 16.9 Å². The van der Waals surface area contributed by atoms with Gasteiger partial charge in [-0.3, -0.25) is 0 Å². The van der Waals surface area contributed by atoms with Crippen LogP contribution in [-0.4, -0.2) is 6.61 Å². The number of hydrogen-bond donors (Lipinski definition) is 0. The molecule has 0 heterocycles. The van der Waals surface area contributed by atoms with Crippen LogP contribution in [-0.2, 0) is 0 Å². The van der Waals surface area contributed by atoms with Gasteiger partial charge < -0.3 is 4.74 Å². The lowest BCUT2D eigenvalue weighted by atomic mass is 10.0. The van der Waals surface area contributed by atoms with Gasteiger partial charge in [0.1, 0.15) is 5.75 Å². The van der Waals surface area contributed by atoms with Crippen LogP contribution >= 0.6 is 0 Å². The first-order valence-electron chi connectivity index (χ1n) is 8.60. The highest BCUT2D eigenvalue weighted by Gasteiger charge is 2.08. The summed E-state index contributed by atoms with van der Waals surface area (Å²) >= 11 is 0. The van der Waals surface area contributed by atoms with Gasteiger partial charge in [0, 0.05) is 5.56 Å². The second-order valence-corrected chi connectivity index (χ2v) is 5.93. The Morgan fingerprint density at radius 3 is 2.27 bits per heavy atom. The van der Waals surface area contributed by atoms with Crippen molar-refractivity contribution in [2.75, 3.05) is 6.61 Å². The van der Waals surface area contributed by atoms with E-state index in [1.807, 2.05) is 0 Å². The molecule has 2 aromatic rings. The van der Waals surface area contributed by atoms with Crippen LogP contribution in [0.1, 0.15) is 51.0 Å². The van der Waals surface area contributed by atoms with Crippen molar-refractivity contribution in [1.29, 1.82) is 0 Å². The molecule has 1 heteroatoms. The van der Waals surface area contributed by atoms with Crippen LogP contribution in [0.3, 0.4) is 0 Å². The maximum atomic E-state index is 6.13. The molecular formula is C21H28O. The van der Waals surface area contributed by atoms with E-state index in [9.17, 15) is 0 Å². The zero-order valence-electron chi connectivity index (χ0n) is 14.0. The van der Waals surface area contributed by atoms with Crippen molar-refractivity contribution in [3.05, 3.63) is 54.1 Å². The van der Waals surface area contributed by atoms with Gasteiger partial charge in [-0.15, -0.1) is 0 Å². The summed E-state index contributed by atoms with van der Waals surface area (Å²) < 4.78 is 6.13. The molecule has 0 aliphatic heterocycles. The van der Waals surface area contributed by atoms with E-state index in [2.05, 4.69) is 62.4 Å². The molecule has 0 aliphatic carbocycles. The number of ether oxygens (including phenoxy) is 1. The maximum Gasteiger partial charge on any atom is 0.130 e. The smallest absolute Gasteiger partial charge is 0.130 e. The number of benzene rings is 2. The lowest BCUT2D eigenvalue weighted by molar-refractivity contribution is 0.303. The van der Waals surface area contributed by atoms with Gasteiger partial charge in [0.25, 0.3) is 0 Å². The Balaban J connectivity index is 1.93. The van der Waals surface area contributed by atoms with Crippen molar-refractivity contribution in [1.82, 2.24) is 0 Å². The first-order chi connectivity index (χ1) is 10.8. The second kappa shape index (κ2) is 9.30. The third kappa shape index (κ3) is 4.91. The summed E-state index contributed by atoms with van der Waals surface area (Å²) in [5.41, 5.74) is 3.64. The average Bonchev–Trinajstić information content (AvgIpc) is 2.56. The summed E-state index contributed by atoms with van der Waals surface area (Å²) in [6.07, 6.45) is 7.77. The van der Waals surface area contributed by atoms with Gasteiger partial charge >= 0.3 is 0 Å². The normalized spacial score (nSPS) is 10.6. The van der Waals surface area contributed by atoms with Crippen LogP contribution in [0.2, 0.25) is 0 Å². The van der Waals surface area contributed by atoms with E-state index in [1.165, 1.54) is 48.8 Å². The van der Waals surface area contributed by atoms with Gasteiger partial charge in [-0.25, -0.2) is 0 Å². The van der Waals surface area contributed by atoms with Gasteiger partial charge in [0.15, 0.2) is 0 Å². The molecule has 0 saturated carbocycles. The van der Waals surface area contributed by atoms with E-state index >= 15 is 0 Å². The number of aryl methyl sites for hydroxylation is 1. The molecule has 0 amide bonds. The van der Waals surface area contributed by atoms with E-state index in [0.717, 1.165) is 18.8 Å². The minimum absolute atomic E-state index is 0.816. The standard InChI is InChI=1S/C21H28O/c1-3-4-5-6-7-11-17-22-21-18(2)13-12-16-20(21)19-14-9-8-10-15-19/h8-10,12-16H,3-7,11,17H2,1-2H3. The number of hydrogen-bond acceptors (Lipinski definition) is 1. The summed E-state index contributed by atoms with van der Waals surface area (Å²) in [6, 6.07) is 16.9. The summed E-state index contributed by atoms with van der Waals surface area (Å²) in [4.78, 5) is 0. The predicted molar refractivity (Wildman–Crippen MR) is 95.5 cm³/mol. The first kappa shape index (κ1) is 16.6. The molecule has 0 spiro atoms. The fraction of sp³-hybridized carbons (Fsp3) is 0.429. The predicted octanol–water partition coefficient (Wildman–Crippen LogP) is 6.40. The molecule has 2 rings (SSSR count). The summed E-state index contributed by atoms with van der Waals surface area (Å²) in [6.45, 7) is 5.20. The molecule has 2 aromatic carbocycles. The fourth-order valence-corrected chi connectivity index (χ4v) is 2.75. The average molecular weight is 296 g/mol. The summed E-state index contributed by atoms with van der Waals surface area (Å²) in [5, 5.41) is 0. The molecular weight excluding hydrogens is 268 g/mol. The largest absolute Gasteiger partial charge is 0.493 e. The van der Waals surface area contributed by atoms with Crippen molar-refractivity contribution >= 4 is 0 Å². The van der Waals surface area contributed by atoms with E-state index < -0.39 is 0 Å². The Morgan fingerprint density at radius 2 is 1.50 bits per heavy atom. The zero-order chi connectivity index (χ0) is 15.6. The second-order valence-electron chi connectivity index (χ2n) is 5.93. The Bertz CT molecular complexity index is 545. The van der Waals surface area contributed by atoms with E-state index in [-0.39, 0.29) is 0 Å². The highest BCUT2D eigenvalue weighted by atomic mass is 16.5. The Kier molecular flexibility index (Phi) is 7.02. The van der Waals surface area contributed by atoms with Gasteiger partial charge in [0.2, 0.25) is 0 Å². The third-order valence-corrected chi connectivity index (χ3v) is 4.04. The SMILES string of the molecule is CCCCCCCCOc1c(C)cccc1-c1ccccc1. The Labute approximate surface area is 135 Å². The molecule has 0 fully saturated rings. The Morgan fingerprint density at radius 1 is 0.773 bits per heavy atom. The molecule has 0 aliphatic rings. The van der Waals surface area contributed by atoms with Crippen LogP contribution in [0.15, 0.2) is 48.5 Å². The van der Waals surface area contributed by atoms with E-state index in [1.54, 1.807) is 0 Å². The van der Waals surface area contributed by atoms with E-state index in [0.29, 0.717) is 0 Å². The highest BCUT2D eigenvalue weighted by molar-refractivity contribution is 5.71. The Hall–Kier alpha value is -1.76. The van der Waals surface area contributed by atoms with Crippen molar-refractivity contribution in [2.45, 2.75) is 52.4 Å². The van der Waals surface area contributed by atoms with Gasteiger partial charge in [-0.2, -0.15) is 0 Å². The molecule has 0 radical (unpaired) electrons. The molecule has 22 heavy (non-hydrogen) atoms. The maximum absolute atomic E-state index is 6.13. The molecule has 0 saturated heterocycles. The molecule has 0 aromatic heterocycles. The first-order valence-corrected chi connectivity index (χ1v) is 8.60. The highest BCUT2D eigenvalue weighted by Crippen LogP contribution is 2.32. The molecule has 1 nitrogen and oxygen atoms in total. The lowest BCUT2D eigenvalue weighted by Gasteiger charge is -2.14. The number of para-hydroxylation sites is 1. The number of rotatable bonds is 9. The molecule has 0 bridgehead atoms. The summed E-state index contributed by atoms with van der Waals surface area (Å²) in [5.74, 6) is 1.04. The van der Waals surface area contributed by atoms with E-state index in [4.69, 9.17) is 4.74 Å². The van der Waals surface area contributed by atoms with Crippen molar-refractivity contribution in [2.24, 2.45) is 0 Å². The van der Waals surface area contributed by atoms with Gasteiger partial charge in [-0.1, -0.05) is 87.6 Å². The zero-order valence-corrected chi connectivity index (χ0v) is 14.0. The molecule has 0 atom stereocenters. The molecule has 0 N–H and O–H groups in total. The molecule has 0 unspecified atom stereocenters. The van der Waals surface area contributed by atoms with Gasteiger partial charge in [-0.05, 0) is 24.5 Å². The quantitative estimate of drug-likeness (QED) is 0.486. The lowest BCUT2D eigenvalue weighted by Crippen LogP contribution is -2.00. The van der Waals surface area contributed by atoms with Crippen LogP contribution in [0.25, 0.3) is 11.1 Å². The fourth-order valence-electron chi connectivity index (χ4n) is 2.75. The topological polar surface area (TPSA) is 9.23 Å². The van der Waals surface area contributed by atoms with Crippen LogP contribution in [0.4, 0.5) is 0 Å². The van der Waals surface area contributed by atoms with Crippen LogP contribution in [0.5, 0.6) is 5.75 Å². The van der Waals surface area contributed by atoms with Gasteiger partial charge in [0.05, 0.1) is 6.61 Å². The molecule has 118 valence electrons. The number of unbranched alkanes of at least 4 members (excludes halogenated alkanes) is 5. The van der Waals surface area contributed by atoms with Crippen molar-refractivity contribution in [3.63, 3.8) is 0 Å². The minimum Gasteiger partial charge on any atom is -0.493 e. The monoisotopic (exact) mass is 296 g/mol. The van der Waals surface area contributed by atoms with Crippen molar-refractivity contribution < 1.29 is 4.74 Å². The third-order valence-electron chi connectivity index (χ3n) is 4.04.